The van der Waals surface area contributed by atoms with Crippen LogP contribution in [0.2, 0.25) is 0 Å². The van der Waals surface area contributed by atoms with E-state index >= 15 is 0 Å². The van der Waals surface area contributed by atoms with Gasteiger partial charge in [-0.1, -0.05) is 170 Å². The molecule has 0 N–H and O–H groups in total. The second-order valence-corrected chi connectivity index (χ2v) is 16.3. The molecule has 11 aromatic carbocycles. The van der Waals surface area contributed by atoms with Gasteiger partial charge in [-0.2, -0.15) is 0 Å². The lowest BCUT2D eigenvalue weighted by Gasteiger charge is -2.28. The monoisotopic (exact) mass is 753 g/mol. The van der Waals surface area contributed by atoms with Crippen LogP contribution in [0, 0.1) is 0 Å². The van der Waals surface area contributed by atoms with Crippen molar-refractivity contribution in [3.63, 3.8) is 0 Å². The molecular formula is C56H35NS. The number of hydrogen-bond acceptors (Lipinski definition) is 2. The van der Waals surface area contributed by atoms with Crippen molar-refractivity contribution in [2.75, 3.05) is 4.90 Å². The molecule has 0 saturated heterocycles. The summed E-state index contributed by atoms with van der Waals surface area (Å²) in [5.74, 6) is 0. The van der Waals surface area contributed by atoms with E-state index in [1.54, 1.807) is 0 Å². The Morgan fingerprint density at radius 2 is 0.810 bits per heavy atom. The third-order valence-electron chi connectivity index (χ3n) is 12.0. The average Bonchev–Trinajstić information content (AvgIpc) is 3.68. The molecule has 12 rings (SSSR count). The number of anilines is 3. The highest BCUT2D eigenvalue weighted by molar-refractivity contribution is 7.26. The Hall–Kier alpha value is -7.26. The maximum atomic E-state index is 2.45. The normalized spacial score (nSPS) is 11.8. The van der Waals surface area contributed by atoms with E-state index in [1.165, 1.54) is 102 Å². The zero-order chi connectivity index (χ0) is 38.2. The second-order valence-electron chi connectivity index (χ2n) is 15.3. The first-order valence-electron chi connectivity index (χ1n) is 19.9. The van der Waals surface area contributed by atoms with Crippen LogP contribution in [-0.4, -0.2) is 0 Å². The van der Waals surface area contributed by atoms with Crippen LogP contribution in [0.25, 0.3) is 96.3 Å². The van der Waals surface area contributed by atoms with Crippen LogP contribution in [0.4, 0.5) is 17.1 Å². The molecule has 12 aromatic rings. The van der Waals surface area contributed by atoms with Gasteiger partial charge in [-0.05, 0) is 113 Å². The summed E-state index contributed by atoms with van der Waals surface area (Å²) in [6.07, 6.45) is 0. The lowest BCUT2D eigenvalue weighted by Crippen LogP contribution is -2.10. The summed E-state index contributed by atoms with van der Waals surface area (Å²) in [7, 11) is 0. The van der Waals surface area contributed by atoms with Gasteiger partial charge in [0.1, 0.15) is 0 Å². The van der Waals surface area contributed by atoms with Gasteiger partial charge in [0, 0.05) is 36.9 Å². The fourth-order valence-electron chi connectivity index (χ4n) is 9.22. The Balaban J connectivity index is 0.990. The maximum absolute atomic E-state index is 2.45. The SMILES string of the molecule is c1ccc2c(c1)cc(-c1ccc(-c3ccc(N(c4ccc5sc6c7ccccc7ccc6c5c4)c4cc5ccccc5c5ccccc45)cc3)cc1)c1ccccc12. The molecule has 58 heavy (non-hydrogen) atoms. The number of benzene rings is 11. The minimum Gasteiger partial charge on any atom is -0.310 e. The first-order chi connectivity index (χ1) is 28.7. The van der Waals surface area contributed by atoms with Crippen LogP contribution in [0.1, 0.15) is 0 Å². The van der Waals surface area contributed by atoms with Gasteiger partial charge in [-0.15, -0.1) is 11.3 Å². The van der Waals surface area contributed by atoms with Gasteiger partial charge in [0.2, 0.25) is 0 Å². The van der Waals surface area contributed by atoms with Gasteiger partial charge in [0.25, 0.3) is 0 Å². The lowest BCUT2D eigenvalue weighted by atomic mass is 9.92. The summed E-state index contributed by atoms with van der Waals surface area (Å²) in [6, 6.07) is 78.3. The van der Waals surface area contributed by atoms with Gasteiger partial charge >= 0.3 is 0 Å². The van der Waals surface area contributed by atoms with E-state index in [-0.39, 0.29) is 0 Å². The van der Waals surface area contributed by atoms with Crippen molar-refractivity contribution < 1.29 is 0 Å². The molecule has 0 radical (unpaired) electrons. The number of fused-ring (bicyclic) bond motifs is 11. The highest BCUT2D eigenvalue weighted by Gasteiger charge is 2.19. The van der Waals surface area contributed by atoms with Crippen molar-refractivity contribution >= 4 is 102 Å². The Morgan fingerprint density at radius 3 is 1.52 bits per heavy atom. The number of nitrogens with zero attached hydrogens (tertiary/aromatic N) is 1. The summed E-state index contributed by atoms with van der Waals surface area (Å²) in [4.78, 5) is 2.45. The van der Waals surface area contributed by atoms with Crippen LogP contribution in [-0.2, 0) is 0 Å². The number of hydrogen-bond donors (Lipinski definition) is 0. The molecule has 0 aliphatic heterocycles. The predicted molar refractivity (Wildman–Crippen MR) is 252 cm³/mol. The van der Waals surface area contributed by atoms with E-state index in [0.29, 0.717) is 0 Å². The van der Waals surface area contributed by atoms with Gasteiger partial charge < -0.3 is 4.90 Å². The summed E-state index contributed by atoms with van der Waals surface area (Å²) in [5.41, 5.74) is 8.29. The van der Waals surface area contributed by atoms with E-state index < -0.39 is 0 Å². The average molecular weight is 754 g/mol. The van der Waals surface area contributed by atoms with E-state index in [1.807, 2.05) is 11.3 Å². The first-order valence-corrected chi connectivity index (χ1v) is 20.7. The zero-order valence-electron chi connectivity index (χ0n) is 31.6. The van der Waals surface area contributed by atoms with Gasteiger partial charge in [0.15, 0.2) is 0 Å². The summed E-state index contributed by atoms with van der Waals surface area (Å²) in [6.45, 7) is 0. The second kappa shape index (κ2) is 13.2. The third-order valence-corrected chi connectivity index (χ3v) is 13.2. The Labute approximate surface area is 340 Å². The molecule has 270 valence electrons. The minimum absolute atomic E-state index is 1.12. The van der Waals surface area contributed by atoms with Crippen molar-refractivity contribution in [1.82, 2.24) is 0 Å². The molecule has 1 nitrogen and oxygen atoms in total. The maximum Gasteiger partial charge on any atom is 0.0546 e. The predicted octanol–water partition coefficient (Wildman–Crippen LogP) is 16.6. The fourth-order valence-corrected chi connectivity index (χ4v) is 10.4. The molecule has 2 heteroatoms. The molecular weight excluding hydrogens is 719 g/mol. The third kappa shape index (κ3) is 5.23. The minimum atomic E-state index is 1.12. The van der Waals surface area contributed by atoms with Crippen LogP contribution in [0.3, 0.4) is 0 Å². The molecule has 0 saturated carbocycles. The van der Waals surface area contributed by atoms with Crippen molar-refractivity contribution in [2.24, 2.45) is 0 Å². The van der Waals surface area contributed by atoms with Crippen molar-refractivity contribution in [3.05, 3.63) is 212 Å². The van der Waals surface area contributed by atoms with Crippen LogP contribution in [0.15, 0.2) is 212 Å². The molecule has 0 atom stereocenters. The Bertz CT molecular complexity index is 3560. The molecule has 0 spiro atoms. The standard InChI is InChI=1S/C56H35NS/c1-6-16-46-38(11-1)27-31-51-53-35-43(30-32-55(53)58-56(46)51)57(54-34-41-13-3-5-15-45(41)48-18-9-10-20-50(48)54)42-28-25-37(26-29-42)36-21-23-39(24-22-36)52-33-40-12-2-4-14-44(40)47-17-7-8-19-49(47)52/h1-35H. The summed E-state index contributed by atoms with van der Waals surface area (Å²) >= 11 is 1.89. The smallest absolute Gasteiger partial charge is 0.0546 e. The molecule has 0 amide bonds. The zero-order valence-corrected chi connectivity index (χ0v) is 32.4. The number of rotatable bonds is 5. The lowest BCUT2D eigenvalue weighted by molar-refractivity contribution is 1.31. The first kappa shape index (κ1) is 32.9. The quantitative estimate of drug-likeness (QED) is 0.158. The van der Waals surface area contributed by atoms with Crippen LogP contribution >= 0.6 is 11.3 Å². The Morgan fingerprint density at radius 1 is 0.293 bits per heavy atom. The molecule has 1 heterocycles. The van der Waals surface area contributed by atoms with Gasteiger partial charge in [-0.3, -0.25) is 0 Å². The largest absolute Gasteiger partial charge is 0.310 e. The molecule has 0 aliphatic rings. The van der Waals surface area contributed by atoms with Crippen LogP contribution in [0.5, 0.6) is 0 Å². The number of thiophene rings is 1. The molecule has 0 fully saturated rings. The van der Waals surface area contributed by atoms with E-state index in [9.17, 15) is 0 Å². The Kier molecular flexibility index (Phi) is 7.47. The van der Waals surface area contributed by atoms with Crippen molar-refractivity contribution in [3.8, 4) is 22.3 Å². The summed E-state index contributed by atoms with van der Waals surface area (Å²) < 4.78 is 2.64. The van der Waals surface area contributed by atoms with E-state index in [0.717, 1.165) is 11.4 Å². The fraction of sp³-hybridized carbons (Fsp3) is 0. The molecule has 0 bridgehead atoms. The van der Waals surface area contributed by atoms with Crippen LogP contribution < -0.4 is 4.90 Å². The molecule has 1 aromatic heterocycles. The van der Waals surface area contributed by atoms with Crippen molar-refractivity contribution in [2.45, 2.75) is 0 Å². The summed E-state index contributed by atoms with van der Waals surface area (Å²) in [5, 5.41) is 15.3. The molecule has 0 aliphatic carbocycles. The van der Waals surface area contributed by atoms with E-state index in [2.05, 4.69) is 217 Å². The van der Waals surface area contributed by atoms with Gasteiger partial charge in [0.05, 0.1) is 5.69 Å². The van der Waals surface area contributed by atoms with E-state index in [4.69, 9.17) is 0 Å². The topological polar surface area (TPSA) is 3.24 Å². The van der Waals surface area contributed by atoms with Crippen molar-refractivity contribution in [1.29, 1.82) is 0 Å². The highest BCUT2D eigenvalue weighted by Crippen LogP contribution is 2.46. The highest BCUT2D eigenvalue weighted by atomic mass is 32.1. The molecule has 0 unspecified atom stereocenters. The van der Waals surface area contributed by atoms with Gasteiger partial charge in [-0.25, -0.2) is 0 Å².